The van der Waals surface area contributed by atoms with E-state index >= 15 is 0 Å². The van der Waals surface area contributed by atoms with Crippen molar-refractivity contribution in [1.82, 2.24) is 4.57 Å². The molecule has 0 aliphatic carbocycles. The van der Waals surface area contributed by atoms with Gasteiger partial charge in [-0.05, 0) is 57.5 Å². The molecular weight excluding hydrogens is 448 g/mol. The zero-order valence-corrected chi connectivity index (χ0v) is 20.3. The minimum absolute atomic E-state index is 0.359. The van der Waals surface area contributed by atoms with Crippen LogP contribution >= 0.6 is 22.9 Å². The van der Waals surface area contributed by atoms with Crippen molar-refractivity contribution in [3.05, 3.63) is 57.9 Å². The predicted molar refractivity (Wildman–Crippen MR) is 130 cm³/mol. The molecule has 0 saturated heterocycles. The van der Waals surface area contributed by atoms with Gasteiger partial charge in [-0.2, -0.15) is 4.99 Å². The monoisotopic (exact) mass is 474 g/mol. The lowest BCUT2D eigenvalue weighted by molar-refractivity contribution is 0.0996. The van der Waals surface area contributed by atoms with Gasteiger partial charge in [0.1, 0.15) is 0 Å². The van der Waals surface area contributed by atoms with Crippen molar-refractivity contribution in [2.45, 2.75) is 34.2 Å². The first-order valence-corrected chi connectivity index (χ1v) is 11.7. The van der Waals surface area contributed by atoms with Crippen LogP contribution in [0.25, 0.3) is 10.2 Å². The summed E-state index contributed by atoms with van der Waals surface area (Å²) >= 11 is 7.77. The number of carbonyl (C=O) groups excluding carboxylic acids is 1. The summed E-state index contributed by atoms with van der Waals surface area (Å²) in [4.78, 5) is 18.2. The molecule has 0 bridgehead atoms. The highest BCUT2D eigenvalue weighted by atomic mass is 35.5. The highest BCUT2D eigenvalue weighted by Gasteiger charge is 2.19. The van der Waals surface area contributed by atoms with Gasteiger partial charge >= 0.3 is 0 Å². The number of thiazole rings is 1. The molecule has 3 rings (SSSR count). The maximum absolute atomic E-state index is 13.2. The van der Waals surface area contributed by atoms with E-state index in [-0.39, 0.29) is 0 Å². The van der Waals surface area contributed by atoms with Crippen molar-refractivity contribution in [3.63, 3.8) is 0 Å². The number of amides is 1. The number of halogens is 1. The van der Waals surface area contributed by atoms with Crippen molar-refractivity contribution in [3.8, 4) is 17.2 Å². The molecule has 6 nitrogen and oxygen atoms in total. The molecule has 1 heterocycles. The molecule has 0 fully saturated rings. The second kappa shape index (κ2) is 10.7. The van der Waals surface area contributed by atoms with Crippen LogP contribution in [0.1, 0.15) is 36.7 Å². The van der Waals surface area contributed by atoms with Gasteiger partial charge in [-0.3, -0.25) is 4.79 Å². The highest BCUT2D eigenvalue weighted by molar-refractivity contribution is 7.16. The Morgan fingerprint density at radius 1 is 1.12 bits per heavy atom. The number of hydrogen-bond donors (Lipinski definition) is 0. The van der Waals surface area contributed by atoms with Crippen LogP contribution in [0.2, 0.25) is 5.02 Å². The number of hydrogen-bond acceptors (Lipinski definition) is 5. The summed E-state index contributed by atoms with van der Waals surface area (Å²) in [6.07, 6.45) is 1.77. The molecule has 0 spiro atoms. The van der Waals surface area contributed by atoms with Crippen LogP contribution in [-0.2, 0) is 6.54 Å². The van der Waals surface area contributed by atoms with Gasteiger partial charge in [0.2, 0.25) is 5.75 Å². The Balaban J connectivity index is 2.17. The number of carbonyl (C=O) groups is 1. The third-order valence-electron chi connectivity index (χ3n) is 4.69. The molecule has 1 amide bonds. The molecule has 0 aliphatic rings. The minimum atomic E-state index is -0.400. The summed E-state index contributed by atoms with van der Waals surface area (Å²) in [7, 11) is 0. The van der Waals surface area contributed by atoms with Gasteiger partial charge in [0, 0.05) is 17.1 Å². The largest absolute Gasteiger partial charge is 0.490 e. The summed E-state index contributed by atoms with van der Waals surface area (Å²) in [5.74, 6) is 0.998. The lowest BCUT2D eigenvalue weighted by Gasteiger charge is -2.16. The summed E-state index contributed by atoms with van der Waals surface area (Å²) in [5, 5.41) is 0.667. The van der Waals surface area contributed by atoms with Crippen molar-refractivity contribution in [2.75, 3.05) is 19.8 Å². The van der Waals surface area contributed by atoms with Crippen LogP contribution in [0.4, 0.5) is 0 Å². The third kappa shape index (κ3) is 4.84. The van der Waals surface area contributed by atoms with Crippen LogP contribution in [0, 0.1) is 6.92 Å². The zero-order valence-electron chi connectivity index (χ0n) is 18.7. The fourth-order valence-electron chi connectivity index (χ4n) is 3.36. The normalized spacial score (nSPS) is 11.6. The van der Waals surface area contributed by atoms with E-state index < -0.39 is 5.91 Å². The minimum Gasteiger partial charge on any atom is -0.490 e. The van der Waals surface area contributed by atoms with E-state index in [2.05, 4.69) is 11.6 Å². The van der Waals surface area contributed by atoms with Crippen molar-refractivity contribution in [2.24, 2.45) is 4.99 Å². The second-order valence-electron chi connectivity index (χ2n) is 6.82. The van der Waals surface area contributed by atoms with E-state index in [0.29, 0.717) is 59.0 Å². The second-order valence-corrected chi connectivity index (χ2v) is 8.24. The first kappa shape index (κ1) is 23.9. The van der Waals surface area contributed by atoms with Gasteiger partial charge in [0.25, 0.3) is 5.91 Å². The summed E-state index contributed by atoms with van der Waals surface area (Å²) in [6.45, 7) is 13.2. The Bertz CT molecular complexity index is 1190. The highest BCUT2D eigenvalue weighted by Crippen LogP contribution is 2.39. The number of benzene rings is 2. The number of fused-ring (bicyclic) bond motifs is 1. The van der Waals surface area contributed by atoms with E-state index in [1.54, 1.807) is 18.2 Å². The first-order chi connectivity index (χ1) is 15.4. The Labute approximate surface area is 196 Å². The maximum atomic E-state index is 13.2. The van der Waals surface area contributed by atoms with Crippen LogP contribution in [0.3, 0.4) is 0 Å². The summed E-state index contributed by atoms with van der Waals surface area (Å²) in [6, 6.07) is 7.09. The number of nitrogens with zero attached hydrogens (tertiary/aromatic N) is 2. The third-order valence-corrected chi connectivity index (χ3v) is 6.15. The molecule has 0 radical (unpaired) electrons. The Kier molecular flexibility index (Phi) is 7.99. The molecule has 0 atom stereocenters. The fourth-order valence-corrected chi connectivity index (χ4v) is 4.61. The zero-order chi connectivity index (χ0) is 23.3. The molecule has 3 aromatic rings. The van der Waals surface area contributed by atoms with Crippen molar-refractivity contribution in [1.29, 1.82) is 0 Å². The lowest BCUT2D eigenvalue weighted by atomic mass is 10.1. The van der Waals surface area contributed by atoms with Crippen LogP contribution in [0.15, 0.2) is 41.9 Å². The average molecular weight is 475 g/mol. The van der Waals surface area contributed by atoms with E-state index in [4.69, 9.17) is 25.8 Å². The molecule has 8 heteroatoms. The van der Waals surface area contributed by atoms with Crippen LogP contribution in [0.5, 0.6) is 17.2 Å². The lowest BCUT2D eigenvalue weighted by Crippen LogP contribution is -2.17. The number of ether oxygens (including phenoxy) is 3. The Hall–Kier alpha value is -2.77. The fraction of sp³-hybridized carbons (Fsp3) is 0.333. The van der Waals surface area contributed by atoms with E-state index in [9.17, 15) is 4.79 Å². The number of aryl methyl sites for hydroxylation is 1. The van der Waals surface area contributed by atoms with E-state index in [1.807, 2.05) is 44.4 Å². The standard InChI is InChI=1S/C24H27ClN2O4S/c1-6-12-27-21-15(5)17(25)10-11-20(21)32-24(27)26-23(28)16-13-18(29-7-2)22(31-9-4)19(14-16)30-8-3/h6,10-11,13-14H,1,7-9,12H2,2-5H3. The number of rotatable bonds is 9. The molecule has 0 saturated carbocycles. The molecule has 1 aromatic heterocycles. The first-order valence-electron chi connectivity index (χ1n) is 10.5. The molecule has 32 heavy (non-hydrogen) atoms. The molecular formula is C24H27ClN2O4S. The average Bonchev–Trinajstić information content (AvgIpc) is 3.11. The van der Waals surface area contributed by atoms with Crippen molar-refractivity contribution >= 4 is 39.1 Å². The molecule has 0 aliphatic heterocycles. The quantitative estimate of drug-likeness (QED) is 0.368. The Morgan fingerprint density at radius 3 is 2.31 bits per heavy atom. The van der Waals surface area contributed by atoms with Gasteiger partial charge in [-0.1, -0.05) is 29.0 Å². The number of allylic oxidation sites excluding steroid dienone is 1. The predicted octanol–water partition coefficient (Wildman–Crippen LogP) is 5.79. The van der Waals surface area contributed by atoms with E-state index in [1.165, 1.54) is 11.3 Å². The Morgan fingerprint density at radius 2 is 1.75 bits per heavy atom. The summed E-state index contributed by atoms with van der Waals surface area (Å²) < 4.78 is 20.1. The van der Waals surface area contributed by atoms with Crippen LogP contribution in [-0.4, -0.2) is 30.3 Å². The van der Waals surface area contributed by atoms with Gasteiger partial charge < -0.3 is 18.8 Å². The summed E-state index contributed by atoms with van der Waals surface area (Å²) in [5.41, 5.74) is 2.25. The van der Waals surface area contributed by atoms with Gasteiger partial charge in [0.15, 0.2) is 16.3 Å². The van der Waals surface area contributed by atoms with Crippen molar-refractivity contribution < 1.29 is 19.0 Å². The SMILES string of the molecule is C=CCn1c(=NC(=O)c2cc(OCC)c(OCC)c(OCC)c2)sc2ccc(Cl)c(C)c21. The molecule has 0 unspecified atom stereocenters. The molecule has 170 valence electrons. The molecule has 2 aromatic carbocycles. The maximum Gasteiger partial charge on any atom is 0.279 e. The van der Waals surface area contributed by atoms with Gasteiger partial charge in [-0.25, -0.2) is 0 Å². The van der Waals surface area contributed by atoms with Crippen LogP contribution < -0.4 is 19.0 Å². The molecule has 0 N–H and O–H groups in total. The van der Waals surface area contributed by atoms with Gasteiger partial charge in [0.05, 0.1) is 30.0 Å². The smallest absolute Gasteiger partial charge is 0.279 e. The number of aromatic nitrogens is 1. The topological polar surface area (TPSA) is 62.1 Å². The van der Waals surface area contributed by atoms with E-state index in [0.717, 1.165) is 15.8 Å². The van der Waals surface area contributed by atoms with Gasteiger partial charge in [-0.15, -0.1) is 6.58 Å².